The third-order valence-electron chi connectivity index (χ3n) is 3.96. The number of benzene rings is 1. The summed E-state index contributed by atoms with van der Waals surface area (Å²) in [6.45, 7) is 4.81. The molecule has 0 amide bonds. The van der Waals surface area contributed by atoms with Gasteiger partial charge in [0.15, 0.2) is 0 Å². The third-order valence-corrected chi connectivity index (χ3v) is 3.96. The summed E-state index contributed by atoms with van der Waals surface area (Å²) >= 11 is 0. The fraction of sp³-hybridized carbons (Fsp3) is 0.438. The molecule has 4 nitrogen and oxygen atoms in total. The Hall–Kier alpha value is -1.65. The van der Waals surface area contributed by atoms with E-state index in [0.29, 0.717) is 0 Å². The molecule has 1 aromatic heterocycles. The zero-order valence-corrected chi connectivity index (χ0v) is 12.0. The molecule has 106 valence electrons. The molecule has 1 fully saturated rings. The van der Waals surface area contributed by atoms with Crippen molar-refractivity contribution in [2.45, 2.75) is 38.5 Å². The van der Waals surface area contributed by atoms with Crippen LogP contribution in [0.15, 0.2) is 30.3 Å². The van der Waals surface area contributed by atoms with Gasteiger partial charge in [-0.1, -0.05) is 18.2 Å². The lowest BCUT2D eigenvalue weighted by Gasteiger charge is -2.42. The van der Waals surface area contributed by atoms with Crippen molar-refractivity contribution in [1.82, 2.24) is 4.98 Å². The fourth-order valence-electron chi connectivity index (χ4n) is 2.75. The van der Waals surface area contributed by atoms with Gasteiger partial charge in [-0.3, -0.25) is 0 Å². The molecule has 1 aliphatic rings. The molecular formula is C16H21N3O. The molecular weight excluding hydrogens is 250 g/mol. The number of nitrogens with one attached hydrogen (secondary N) is 1. The molecule has 0 saturated heterocycles. The average Bonchev–Trinajstić information content (AvgIpc) is 2.44. The molecule has 4 heteroatoms. The number of hydrogen-bond donors (Lipinski definition) is 2. The monoisotopic (exact) mass is 271 g/mol. The Morgan fingerprint density at radius 1 is 1.40 bits per heavy atom. The van der Waals surface area contributed by atoms with Crippen molar-refractivity contribution >= 4 is 16.7 Å². The number of anilines is 1. The van der Waals surface area contributed by atoms with Crippen molar-refractivity contribution in [2.75, 3.05) is 11.9 Å². The number of nitrogens with zero attached hydrogens (tertiary/aromatic N) is 1. The SMILES string of the molecule is CCOC1CC(N)C1Nc1nc2ccccc2cc1C. The van der Waals surface area contributed by atoms with Crippen LogP contribution in [0, 0.1) is 6.92 Å². The first-order valence-electron chi connectivity index (χ1n) is 7.19. The minimum absolute atomic E-state index is 0.138. The molecule has 1 saturated carbocycles. The van der Waals surface area contributed by atoms with Crippen molar-refractivity contribution < 1.29 is 4.74 Å². The van der Waals surface area contributed by atoms with Gasteiger partial charge in [-0.15, -0.1) is 0 Å². The van der Waals surface area contributed by atoms with Gasteiger partial charge in [0.05, 0.1) is 17.7 Å². The van der Waals surface area contributed by atoms with Gasteiger partial charge in [-0.2, -0.15) is 0 Å². The lowest BCUT2D eigenvalue weighted by atomic mass is 9.83. The summed E-state index contributed by atoms with van der Waals surface area (Å²) in [5.74, 6) is 0.911. The number of para-hydroxylation sites is 1. The first kappa shape index (κ1) is 13.3. The first-order chi connectivity index (χ1) is 9.69. The van der Waals surface area contributed by atoms with Crippen LogP contribution in [0.5, 0.6) is 0 Å². The molecule has 20 heavy (non-hydrogen) atoms. The molecule has 3 N–H and O–H groups in total. The molecule has 1 aliphatic carbocycles. The lowest BCUT2D eigenvalue weighted by molar-refractivity contribution is -0.0127. The van der Waals surface area contributed by atoms with Crippen molar-refractivity contribution in [3.05, 3.63) is 35.9 Å². The maximum absolute atomic E-state index is 6.08. The summed E-state index contributed by atoms with van der Waals surface area (Å²) in [5.41, 5.74) is 8.22. The Morgan fingerprint density at radius 2 is 2.20 bits per heavy atom. The van der Waals surface area contributed by atoms with Crippen LogP contribution >= 0.6 is 0 Å². The van der Waals surface area contributed by atoms with Crippen molar-refractivity contribution in [3.8, 4) is 0 Å². The van der Waals surface area contributed by atoms with E-state index in [-0.39, 0.29) is 18.2 Å². The quantitative estimate of drug-likeness (QED) is 0.896. The van der Waals surface area contributed by atoms with Crippen LogP contribution in [0.3, 0.4) is 0 Å². The first-order valence-corrected chi connectivity index (χ1v) is 7.19. The normalized spacial score (nSPS) is 25.4. The molecule has 0 aliphatic heterocycles. The number of rotatable bonds is 4. The molecule has 0 bridgehead atoms. The van der Waals surface area contributed by atoms with Crippen LogP contribution in [0.25, 0.3) is 10.9 Å². The predicted molar refractivity (Wildman–Crippen MR) is 81.9 cm³/mol. The summed E-state index contributed by atoms with van der Waals surface area (Å²) in [5, 5.41) is 4.62. The van der Waals surface area contributed by atoms with E-state index in [4.69, 9.17) is 15.5 Å². The molecule has 1 heterocycles. The van der Waals surface area contributed by atoms with Crippen LogP contribution in [-0.2, 0) is 4.74 Å². The van der Waals surface area contributed by atoms with Crippen LogP contribution in [-0.4, -0.2) is 29.8 Å². The second kappa shape index (κ2) is 5.38. The van der Waals surface area contributed by atoms with E-state index in [2.05, 4.69) is 24.4 Å². The minimum Gasteiger partial charge on any atom is -0.376 e. The number of ether oxygens (including phenoxy) is 1. The number of nitrogens with two attached hydrogens (primary N) is 1. The maximum atomic E-state index is 6.08. The number of aryl methyl sites for hydroxylation is 1. The Balaban J connectivity index is 1.85. The Bertz CT molecular complexity index is 612. The molecule has 0 radical (unpaired) electrons. The van der Waals surface area contributed by atoms with Gasteiger partial charge < -0.3 is 15.8 Å². The van der Waals surface area contributed by atoms with E-state index >= 15 is 0 Å². The Morgan fingerprint density at radius 3 is 2.95 bits per heavy atom. The lowest BCUT2D eigenvalue weighted by Crippen LogP contribution is -2.60. The van der Waals surface area contributed by atoms with Crippen LogP contribution in [0.4, 0.5) is 5.82 Å². The summed E-state index contributed by atoms with van der Waals surface area (Å²) < 4.78 is 5.69. The fourth-order valence-corrected chi connectivity index (χ4v) is 2.75. The van der Waals surface area contributed by atoms with Gasteiger partial charge in [0.2, 0.25) is 0 Å². The molecule has 1 aromatic carbocycles. The van der Waals surface area contributed by atoms with Gasteiger partial charge in [-0.05, 0) is 38.0 Å². The van der Waals surface area contributed by atoms with Gasteiger partial charge in [0.25, 0.3) is 0 Å². The van der Waals surface area contributed by atoms with Gasteiger partial charge >= 0.3 is 0 Å². The van der Waals surface area contributed by atoms with Crippen molar-refractivity contribution in [3.63, 3.8) is 0 Å². The van der Waals surface area contributed by atoms with E-state index < -0.39 is 0 Å². The number of aromatic nitrogens is 1. The van der Waals surface area contributed by atoms with Crippen LogP contribution in [0.1, 0.15) is 18.9 Å². The van der Waals surface area contributed by atoms with Crippen molar-refractivity contribution in [1.29, 1.82) is 0 Å². The molecule has 3 rings (SSSR count). The summed E-state index contributed by atoms with van der Waals surface area (Å²) in [6, 6.07) is 10.6. The summed E-state index contributed by atoms with van der Waals surface area (Å²) in [7, 11) is 0. The highest BCUT2D eigenvalue weighted by molar-refractivity contribution is 5.81. The number of hydrogen-bond acceptors (Lipinski definition) is 4. The molecule has 0 spiro atoms. The van der Waals surface area contributed by atoms with Gasteiger partial charge in [0.1, 0.15) is 5.82 Å². The molecule has 3 atom stereocenters. The highest BCUT2D eigenvalue weighted by Crippen LogP contribution is 2.28. The minimum atomic E-state index is 0.138. The number of pyridine rings is 1. The molecule has 2 aromatic rings. The predicted octanol–water partition coefficient (Wildman–Crippen LogP) is 2.46. The van der Waals surface area contributed by atoms with Crippen molar-refractivity contribution in [2.24, 2.45) is 5.73 Å². The highest BCUT2D eigenvalue weighted by atomic mass is 16.5. The number of fused-ring (bicyclic) bond motifs is 1. The maximum Gasteiger partial charge on any atom is 0.129 e. The summed E-state index contributed by atoms with van der Waals surface area (Å²) in [4.78, 5) is 4.70. The zero-order chi connectivity index (χ0) is 14.1. The van der Waals surface area contributed by atoms with Crippen LogP contribution in [0.2, 0.25) is 0 Å². The smallest absolute Gasteiger partial charge is 0.129 e. The standard InChI is InChI=1S/C16H21N3O/c1-3-20-14-9-12(17)15(14)19-16-10(2)8-11-6-4-5-7-13(11)18-16/h4-8,12,14-15H,3,9,17H2,1-2H3,(H,18,19). The Labute approximate surface area is 119 Å². The second-order valence-electron chi connectivity index (χ2n) is 5.41. The summed E-state index contributed by atoms with van der Waals surface area (Å²) in [6.07, 6.45) is 1.11. The topological polar surface area (TPSA) is 60.2 Å². The zero-order valence-electron chi connectivity index (χ0n) is 12.0. The van der Waals surface area contributed by atoms with E-state index in [0.717, 1.165) is 35.3 Å². The third kappa shape index (κ3) is 2.37. The highest BCUT2D eigenvalue weighted by Gasteiger charge is 2.39. The van der Waals surface area contributed by atoms with E-state index in [1.807, 2.05) is 25.1 Å². The van der Waals surface area contributed by atoms with Gasteiger partial charge in [-0.25, -0.2) is 4.98 Å². The van der Waals surface area contributed by atoms with Gasteiger partial charge in [0, 0.05) is 18.0 Å². The average molecular weight is 271 g/mol. The molecule has 3 unspecified atom stereocenters. The largest absolute Gasteiger partial charge is 0.376 e. The van der Waals surface area contributed by atoms with Crippen LogP contribution < -0.4 is 11.1 Å². The Kier molecular flexibility index (Phi) is 3.59. The second-order valence-corrected chi connectivity index (χ2v) is 5.41. The van der Waals surface area contributed by atoms with E-state index in [9.17, 15) is 0 Å². The van der Waals surface area contributed by atoms with E-state index in [1.165, 1.54) is 0 Å². The van der Waals surface area contributed by atoms with E-state index in [1.54, 1.807) is 0 Å².